The zero-order valence-corrected chi connectivity index (χ0v) is 20.2. The molecule has 0 amide bonds. The predicted molar refractivity (Wildman–Crippen MR) is 136 cm³/mol. The van der Waals surface area contributed by atoms with Crippen molar-refractivity contribution in [1.29, 1.82) is 0 Å². The molecule has 1 N–H and O–H groups in total. The van der Waals surface area contributed by atoms with E-state index in [0.717, 1.165) is 23.8 Å². The Bertz CT molecular complexity index is 1440. The van der Waals surface area contributed by atoms with Crippen LogP contribution in [-0.2, 0) is 0 Å². The van der Waals surface area contributed by atoms with E-state index in [-0.39, 0.29) is 23.2 Å². The Hall–Kier alpha value is -3.29. The summed E-state index contributed by atoms with van der Waals surface area (Å²) in [7, 11) is 0. The van der Waals surface area contributed by atoms with Gasteiger partial charge in [0, 0.05) is 36.1 Å². The van der Waals surface area contributed by atoms with Gasteiger partial charge in [-0.2, -0.15) is 0 Å². The standard InChI is InChI=1S/C27H26FN3O2S/c1-16(2)30-14-19(15-30)29-26-24(25(33)18-9-11-22(28)17(3)13-18)21-10-12-23(32)31(27(21)34-26)20-7-5-4-6-8-20/h4-13,16,19,29H,14-15H2,1-3H3. The second-order valence-electron chi connectivity index (χ2n) is 9.05. The van der Waals surface area contributed by atoms with Crippen LogP contribution in [0.3, 0.4) is 0 Å². The number of hydrogen-bond acceptors (Lipinski definition) is 5. The average molecular weight is 476 g/mol. The highest BCUT2D eigenvalue weighted by atomic mass is 32.1. The average Bonchev–Trinajstić information content (AvgIpc) is 3.15. The predicted octanol–water partition coefficient (Wildman–Crippen LogP) is 5.24. The van der Waals surface area contributed by atoms with E-state index in [2.05, 4.69) is 24.1 Å². The molecule has 0 bridgehead atoms. The van der Waals surface area contributed by atoms with Crippen LogP contribution in [0.25, 0.3) is 15.9 Å². The Balaban J connectivity index is 1.66. The van der Waals surface area contributed by atoms with Gasteiger partial charge >= 0.3 is 0 Å². The van der Waals surface area contributed by atoms with Gasteiger partial charge < -0.3 is 5.32 Å². The minimum atomic E-state index is -0.341. The van der Waals surface area contributed by atoms with Crippen LogP contribution in [-0.4, -0.2) is 40.4 Å². The summed E-state index contributed by atoms with van der Waals surface area (Å²) in [6.45, 7) is 7.76. The van der Waals surface area contributed by atoms with Crippen LogP contribution in [0, 0.1) is 12.7 Å². The van der Waals surface area contributed by atoms with E-state index in [4.69, 9.17) is 0 Å². The van der Waals surface area contributed by atoms with Crippen molar-refractivity contribution in [2.24, 2.45) is 0 Å². The lowest BCUT2D eigenvalue weighted by molar-refractivity contribution is 0.104. The largest absolute Gasteiger partial charge is 0.371 e. The van der Waals surface area contributed by atoms with Gasteiger partial charge in [-0.05, 0) is 62.7 Å². The minimum Gasteiger partial charge on any atom is -0.371 e. The molecular formula is C27H26FN3O2S. The Kier molecular flexibility index (Phi) is 5.83. The van der Waals surface area contributed by atoms with Gasteiger partial charge in [0.05, 0.1) is 17.3 Å². The maximum atomic E-state index is 13.9. The first-order valence-corrected chi connectivity index (χ1v) is 12.2. The lowest BCUT2D eigenvalue weighted by atomic mass is 10.00. The third-order valence-electron chi connectivity index (χ3n) is 6.38. The summed E-state index contributed by atoms with van der Waals surface area (Å²) in [6.07, 6.45) is 0. The van der Waals surface area contributed by atoms with E-state index in [1.54, 1.807) is 23.6 Å². The maximum absolute atomic E-state index is 13.9. The van der Waals surface area contributed by atoms with Crippen LogP contribution in [0.15, 0.2) is 65.5 Å². The summed E-state index contributed by atoms with van der Waals surface area (Å²) in [5.41, 5.74) is 1.97. The molecule has 4 aromatic rings. The van der Waals surface area contributed by atoms with Gasteiger partial charge in [0.15, 0.2) is 5.78 Å². The first-order chi connectivity index (χ1) is 16.3. The number of likely N-dealkylation sites (tertiary alicyclic amines) is 1. The molecule has 174 valence electrons. The van der Waals surface area contributed by atoms with Crippen molar-refractivity contribution in [2.75, 3.05) is 18.4 Å². The van der Waals surface area contributed by atoms with Gasteiger partial charge in [-0.25, -0.2) is 4.39 Å². The van der Waals surface area contributed by atoms with Crippen molar-refractivity contribution in [3.8, 4) is 5.69 Å². The molecule has 0 saturated carbocycles. The molecule has 7 heteroatoms. The number of anilines is 1. The molecule has 0 atom stereocenters. The lowest BCUT2D eigenvalue weighted by Gasteiger charge is -2.42. The number of hydrogen-bond donors (Lipinski definition) is 1. The van der Waals surface area contributed by atoms with Gasteiger partial charge in [-0.15, -0.1) is 0 Å². The summed E-state index contributed by atoms with van der Waals surface area (Å²) in [5, 5.41) is 5.02. The Morgan fingerprint density at radius 1 is 1.09 bits per heavy atom. The number of aryl methyl sites for hydroxylation is 1. The quantitative estimate of drug-likeness (QED) is 0.388. The molecule has 1 saturated heterocycles. The Morgan fingerprint density at radius 3 is 2.50 bits per heavy atom. The molecule has 1 fully saturated rings. The number of nitrogens with zero attached hydrogens (tertiary/aromatic N) is 2. The fourth-order valence-electron chi connectivity index (χ4n) is 4.37. The number of aromatic nitrogens is 1. The van der Waals surface area contributed by atoms with Crippen molar-refractivity contribution >= 4 is 32.3 Å². The van der Waals surface area contributed by atoms with Crippen LogP contribution in [0.1, 0.15) is 35.3 Å². The van der Waals surface area contributed by atoms with Gasteiger partial charge in [-0.1, -0.05) is 29.5 Å². The van der Waals surface area contributed by atoms with E-state index in [0.29, 0.717) is 32.9 Å². The van der Waals surface area contributed by atoms with Crippen molar-refractivity contribution in [2.45, 2.75) is 32.9 Å². The van der Waals surface area contributed by atoms with E-state index >= 15 is 0 Å². The number of thiophene rings is 1. The topological polar surface area (TPSA) is 54.3 Å². The smallest absolute Gasteiger partial charge is 0.256 e. The van der Waals surface area contributed by atoms with Crippen LogP contribution < -0.4 is 10.9 Å². The van der Waals surface area contributed by atoms with Gasteiger partial charge in [0.2, 0.25) is 0 Å². The van der Waals surface area contributed by atoms with Crippen LogP contribution in [0.2, 0.25) is 0 Å². The zero-order valence-electron chi connectivity index (χ0n) is 19.3. The molecule has 3 heterocycles. The second-order valence-corrected chi connectivity index (χ2v) is 10.0. The highest BCUT2D eigenvalue weighted by Crippen LogP contribution is 2.38. The van der Waals surface area contributed by atoms with Crippen molar-refractivity contribution < 1.29 is 9.18 Å². The molecule has 0 unspecified atom stereocenters. The molecule has 0 spiro atoms. The van der Waals surface area contributed by atoms with Crippen molar-refractivity contribution in [3.05, 3.63) is 93.5 Å². The number of carbonyl (C=O) groups is 1. The molecule has 1 aliphatic heterocycles. The molecular weight excluding hydrogens is 449 g/mol. The highest BCUT2D eigenvalue weighted by molar-refractivity contribution is 7.23. The lowest BCUT2D eigenvalue weighted by Crippen LogP contribution is -2.57. The van der Waals surface area contributed by atoms with Gasteiger partial charge in [0.25, 0.3) is 5.56 Å². The second kappa shape index (κ2) is 8.81. The maximum Gasteiger partial charge on any atom is 0.256 e. The Morgan fingerprint density at radius 2 is 1.82 bits per heavy atom. The van der Waals surface area contributed by atoms with Crippen molar-refractivity contribution in [1.82, 2.24) is 9.47 Å². The minimum absolute atomic E-state index is 0.155. The molecule has 5 nitrogen and oxygen atoms in total. The van der Waals surface area contributed by atoms with E-state index in [9.17, 15) is 14.0 Å². The molecule has 0 aliphatic carbocycles. The summed E-state index contributed by atoms with van der Waals surface area (Å²) in [5.74, 6) is -0.526. The van der Waals surface area contributed by atoms with E-state index in [1.165, 1.54) is 29.5 Å². The Labute approximate surface area is 201 Å². The number of rotatable bonds is 6. The molecule has 2 aromatic heterocycles. The van der Waals surface area contributed by atoms with Crippen molar-refractivity contribution in [3.63, 3.8) is 0 Å². The first-order valence-electron chi connectivity index (χ1n) is 11.4. The number of carbonyl (C=O) groups excluding carboxylic acids is 1. The molecule has 0 radical (unpaired) electrons. The first kappa shape index (κ1) is 22.5. The summed E-state index contributed by atoms with van der Waals surface area (Å²) >= 11 is 1.42. The normalized spacial score (nSPS) is 14.5. The van der Waals surface area contributed by atoms with E-state index in [1.807, 2.05) is 30.3 Å². The fraction of sp³-hybridized carbons (Fsp3) is 0.259. The number of ketones is 1. The number of fused-ring (bicyclic) bond motifs is 1. The highest BCUT2D eigenvalue weighted by Gasteiger charge is 2.31. The van der Waals surface area contributed by atoms with Crippen LogP contribution >= 0.6 is 11.3 Å². The molecule has 5 rings (SSSR count). The number of halogens is 1. The van der Waals surface area contributed by atoms with Crippen LogP contribution in [0.5, 0.6) is 0 Å². The fourth-order valence-corrected chi connectivity index (χ4v) is 5.66. The van der Waals surface area contributed by atoms with Crippen LogP contribution in [0.4, 0.5) is 9.39 Å². The molecule has 2 aromatic carbocycles. The number of pyridine rings is 1. The van der Waals surface area contributed by atoms with Gasteiger partial charge in [-0.3, -0.25) is 19.1 Å². The summed E-state index contributed by atoms with van der Waals surface area (Å²) < 4.78 is 15.5. The molecule has 1 aliphatic rings. The molecule has 34 heavy (non-hydrogen) atoms. The zero-order chi connectivity index (χ0) is 24.0. The third kappa shape index (κ3) is 3.95. The number of nitrogens with one attached hydrogen (secondary N) is 1. The SMILES string of the molecule is Cc1cc(C(=O)c2c(NC3CN(C(C)C)C3)sc3c2ccc(=O)n3-c2ccccc2)ccc1F. The van der Waals surface area contributed by atoms with E-state index < -0.39 is 0 Å². The third-order valence-corrected chi connectivity index (χ3v) is 7.50. The monoisotopic (exact) mass is 475 g/mol. The van der Waals surface area contributed by atoms with Gasteiger partial charge in [0.1, 0.15) is 15.6 Å². The number of para-hydroxylation sites is 1. The summed E-state index contributed by atoms with van der Waals surface area (Å²) in [4.78, 5) is 29.7. The number of benzene rings is 2. The summed E-state index contributed by atoms with van der Waals surface area (Å²) in [6, 6.07) is 17.8.